The van der Waals surface area contributed by atoms with Crippen LogP contribution in [0.4, 0.5) is 0 Å². The Kier molecular flexibility index (Phi) is 2.01. The Morgan fingerprint density at radius 2 is 2.67 bits per heavy atom. The maximum Gasteiger partial charge on any atom is 0.164 e. The molecule has 1 aliphatic heterocycles. The number of rotatable bonds is 2. The first-order valence-electron chi connectivity index (χ1n) is 3.10. The van der Waals surface area contributed by atoms with E-state index in [2.05, 4.69) is 6.58 Å². The second-order valence-corrected chi connectivity index (χ2v) is 2.10. The number of carbonyl (C=O) groups is 1. The minimum Gasteiger partial charge on any atom is -0.370 e. The molecule has 0 aromatic rings. The van der Waals surface area contributed by atoms with Crippen LogP contribution >= 0.6 is 0 Å². The zero-order chi connectivity index (χ0) is 6.69. The van der Waals surface area contributed by atoms with Gasteiger partial charge in [0, 0.05) is 6.42 Å². The Labute approximate surface area is 54.5 Å². The summed E-state index contributed by atoms with van der Waals surface area (Å²) < 4.78 is 5.08. The molecule has 0 aromatic carbocycles. The lowest BCUT2D eigenvalue weighted by Gasteiger charge is -2.01. The first-order chi connectivity index (χ1) is 4.34. The van der Waals surface area contributed by atoms with Gasteiger partial charge in [0.1, 0.15) is 6.10 Å². The van der Waals surface area contributed by atoms with Gasteiger partial charge in [-0.1, -0.05) is 6.08 Å². The van der Waals surface area contributed by atoms with Crippen molar-refractivity contribution in [2.45, 2.75) is 18.9 Å². The minimum absolute atomic E-state index is 0.178. The number of hydrogen-bond acceptors (Lipinski definition) is 2. The van der Waals surface area contributed by atoms with Crippen LogP contribution in [0.2, 0.25) is 0 Å². The second-order valence-electron chi connectivity index (χ2n) is 2.10. The smallest absolute Gasteiger partial charge is 0.164 e. The van der Waals surface area contributed by atoms with Gasteiger partial charge in [-0.25, -0.2) is 0 Å². The van der Waals surface area contributed by atoms with E-state index in [4.69, 9.17) is 4.74 Å². The van der Waals surface area contributed by atoms with Crippen molar-refractivity contribution in [3.05, 3.63) is 12.7 Å². The lowest BCUT2D eigenvalue weighted by atomic mass is 10.1. The zero-order valence-corrected chi connectivity index (χ0v) is 5.30. The van der Waals surface area contributed by atoms with Crippen molar-refractivity contribution in [1.29, 1.82) is 0 Å². The summed E-state index contributed by atoms with van der Waals surface area (Å²) in [5, 5.41) is 0. The summed E-state index contributed by atoms with van der Waals surface area (Å²) in [5.74, 6) is 0.218. The third-order valence-electron chi connectivity index (χ3n) is 1.41. The van der Waals surface area contributed by atoms with Gasteiger partial charge < -0.3 is 4.74 Å². The first kappa shape index (κ1) is 6.49. The molecular formula is C7H10O2. The van der Waals surface area contributed by atoms with E-state index in [1.54, 1.807) is 6.08 Å². The molecule has 2 heteroatoms. The first-order valence-corrected chi connectivity index (χ1v) is 3.10. The Bertz CT molecular complexity index is 129. The lowest BCUT2D eigenvalue weighted by Crippen LogP contribution is -2.13. The molecule has 0 aromatic heterocycles. The molecule has 1 heterocycles. The van der Waals surface area contributed by atoms with Crippen molar-refractivity contribution >= 4 is 5.78 Å². The van der Waals surface area contributed by atoms with Crippen molar-refractivity contribution in [1.82, 2.24) is 0 Å². The molecule has 1 atom stereocenters. The monoisotopic (exact) mass is 126 g/mol. The van der Waals surface area contributed by atoms with Crippen molar-refractivity contribution in [3.63, 3.8) is 0 Å². The summed E-state index contributed by atoms with van der Waals surface area (Å²) in [7, 11) is 0. The molecular weight excluding hydrogens is 116 g/mol. The molecule has 1 rings (SSSR count). The fourth-order valence-electron chi connectivity index (χ4n) is 0.907. The molecule has 1 aliphatic rings. The van der Waals surface area contributed by atoms with Crippen LogP contribution in [0.25, 0.3) is 0 Å². The number of hydrogen-bond donors (Lipinski definition) is 0. The number of ether oxygens (including phenoxy) is 1. The Morgan fingerprint density at radius 3 is 3.11 bits per heavy atom. The molecule has 50 valence electrons. The van der Waals surface area contributed by atoms with Crippen LogP contribution in [-0.4, -0.2) is 18.5 Å². The molecule has 2 nitrogen and oxygen atoms in total. The van der Waals surface area contributed by atoms with Crippen LogP contribution in [0.5, 0.6) is 0 Å². The standard InChI is InChI=1S/C7H10O2/c1-2-3-7-6(8)4-5-9-7/h2,7H,1,3-5H2. The highest BCUT2D eigenvalue weighted by atomic mass is 16.5. The average molecular weight is 126 g/mol. The fourth-order valence-corrected chi connectivity index (χ4v) is 0.907. The van der Waals surface area contributed by atoms with Gasteiger partial charge >= 0.3 is 0 Å². The second kappa shape index (κ2) is 2.78. The van der Waals surface area contributed by atoms with E-state index in [1.807, 2.05) is 0 Å². The zero-order valence-electron chi connectivity index (χ0n) is 5.30. The summed E-state index contributed by atoms with van der Waals surface area (Å²) in [6.07, 6.45) is 2.79. The molecule has 1 saturated heterocycles. The van der Waals surface area contributed by atoms with Gasteiger partial charge in [0.2, 0.25) is 0 Å². The Hall–Kier alpha value is -0.630. The van der Waals surface area contributed by atoms with E-state index in [0.29, 0.717) is 19.4 Å². The van der Waals surface area contributed by atoms with Gasteiger partial charge in [-0.05, 0) is 6.42 Å². The Balaban J connectivity index is 2.39. The van der Waals surface area contributed by atoms with Gasteiger partial charge in [0.05, 0.1) is 6.61 Å². The predicted molar refractivity (Wildman–Crippen MR) is 34.2 cm³/mol. The molecule has 0 aliphatic carbocycles. The highest BCUT2D eigenvalue weighted by molar-refractivity contribution is 5.84. The normalized spacial score (nSPS) is 26.7. The topological polar surface area (TPSA) is 26.3 Å². The number of carbonyl (C=O) groups excluding carboxylic acids is 1. The highest BCUT2D eigenvalue weighted by Gasteiger charge is 2.23. The molecule has 0 radical (unpaired) electrons. The van der Waals surface area contributed by atoms with Crippen LogP contribution in [0.3, 0.4) is 0 Å². The maximum absolute atomic E-state index is 10.8. The van der Waals surface area contributed by atoms with Crippen molar-refractivity contribution in [2.75, 3.05) is 6.61 Å². The minimum atomic E-state index is -0.178. The largest absolute Gasteiger partial charge is 0.370 e. The Morgan fingerprint density at radius 1 is 1.89 bits per heavy atom. The van der Waals surface area contributed by atoms with Crippen LogP contribution in [0, 0.1) is 0 Å². The summed E-state index contributed by atoms with van der Waals surface area (Å²) in [6.45, 7) is 4.12. The SMILES string of the molecule is C=CCC1OCCC1=O. The molecule has 0 spiro atoms. The molecule has 1 unspecified atom stereocenters. The molecule has 1 fully saturated rings. The molecule has 0 amide bonds. The van der Waals surface area contributed by atoms with Crippen molar-refractivity contribution < 1.29 is 9.53 Å². The third-order valence-corrected chi connectivity index (χ3v) is 1.41. The van der Waals surface area contributed by atoms with Crippen LogP contribution in [0.1, 0.15) is 12.8 Å². The summed E-state index contributed by atoms with van der Waals surface area (Å²) in [6, 6.07) is 0. The van der Waals surface area contributed by atoms with Crippen LogP contribution in [0.15, 0.2) is 12.7 Å². The van der Waals surface area contributed by atoms with Gasteiger partial charge in [-0.3, -0.25) is 4.79 Å². The number of Topliss-reactive ketones (excluding diaryl/α,β-unsaturated/α-hetero) is 1. The number of ketones is 1. The van der Waals surface area contributed by atoms with Crippen LogP contribution in [-0.2, 0) is 9.53 Å². The van der Waals surface area contributed by atoms with Gasteiger partial charge in [0.25, 0.3) is 0 Å². The van der Waals surface area contributed by atoms with E-state index in [-0.39, 0.29) is 11.9 Å². The summed E-state index contributed by atoms with van der Waals surface area (Å²) >= 11 is 0. The molecule has 0 bridgehead atoms. The fraction of sp³-hybridized carbons (Fsp3) is 0.571. The molecule has 0 saturated carbocycles. The van der Waals surface area contributed by atoms with Gasteiger partial charge in [-0.15, -0.1) is 6.58 Å². The predicted octanol–water partition coefficient (Wildman–Crippen LogP) is 0.920. The van der Waals surface area contributed by atoms with E-state index in [0.717, 1.165) is 0 Å². The summed E-state index contributed by atoms with van der Waals surface area (Å²) in [4.78, 5) is 10.8. The quantitative estimate of drug-likeness (QED) is 0.514. The van der Waals surface area contributed by atoms with E-state index < -0.39 is 0 Å². The maximum atomic E-state index is 10.8. The summed E-state index contributed by atoms with van der Waals surface area (Å²) in [5.41, 5.74) is 0. The van der Waals surface area contributed by atoms with Crippen LogP contribution < -0.4 is 0 Å². The van der Waals surface area contributed by atoms with Gasteiger partial charge in [0.15, 0.2) is 5.78 Å². The van der Waals surface area contributed by atoms with E-state index >= 15 is 0 Å². The van der Waals surface area contributed by atoms with Crippen molar-refractivity contribution in [2.24, 2.45) is 0 Å². The highest BCUT2D eigenvalue weighted by Crippen LogP contribution is 2.11. The van der Waals surface area contributed by atoms with E-state index in [9.17, 15) is 4.79 Å². The van der Waals surface area contributed by atoms with Crippen molar-refractivity contribution in [3.8, 4) is 0 Å². The van der Waals surface area contributed by atoms with E-state index in [1.165, 1.54) is 0 Å². The molecule has 9 heavy (non-hydrogen) atoms. The lowest BCUT2D eigenvalue weighted by molar-refractivity contribution is -0.122. The van der Waals surface area contributed by atoms with Gasteiger partial charge in [-0.2, -0.15) is 0 Å². The molecule has 0 N–H and O–H groups in total. The average Bonchev–Trinajstić information content (AvgIpc) is 2.18. The third kappa shape index (κ3) is 1.39.